The molecule has 0 unspecified atom stereocenters. The monoisotopic (exact) mass is 400 g/mol. The number of piperazine rings is 1. The maximum absolute atomic E-state index is 12.6. The molecule has 1 saturated heterocycles. The molecular weight excluding hydrogens is 376 g/mol. The van der Waals surface area contributed by atoms with Crippen molar-refractivity contribution >= 4 is 23.3 Å². The van der Waals surface area contributed by atoms with Crippen molar-refractivity contribution in [1.82, 2.24) is 9.80 Å². The predicted molar refractivity (Wildman–Crippen MR) is 109 cm³/mol. The van der Waals surface area contributed by atoms with Gasteiger partial charge in [-0.15, -0.1) is 0 Å². The molecule has 0 aliphatic carbocycles. The number of rotatable bonds is 5. The lowest BCUT2D eigenvalue weighted by Gasteiger charge is -2.34. The van der Waals surface area contributed by atoms with E-state index in [4.69, 9.17) is 14.2 Å². The standard InChI is InChI=1S/C21H24N2O4S/c1-25-18-12-16(13-19-21(18)27-10-9-26-19)2-3-20(24)23-7-5-22(6-8-23)14-17-4-11-28-15-17/h2-4,11-13,15H,5-10,14H2,1H3/b3-2+. The van der Waals surface area contributed by atoms with Gasteiger partial charge in [0.2, 0.25) is 11.7 Å². The summed E-state index contributed by atoms with van der Waals surface area (Å²) in [4.78, 5) is 16.9. The summed E-state index contributed by atoms with van der Waals surface area (Å²) in [6.07, 6.45) is 3.43. The third kappa shape index (κ3) is 4.31. The van der Waals surface area contributed by atoms with Crippen molar-refractivity contribution in [2.75, 3.05) is 46.5 Å². The second-order valence-electron chi connectivity index (χ2n) is 6.81. The fourth-order valence-electron chi connectivity index (χ4n) is 3.43. The third-order valence-electron chi connectivity index (χ3n) is 4.94. The molecule has 2 aromatic rings. The van der Waals surface area contributed by atoms with Crippen LogP contribution in [0.2, 0.25) is 0 Å². The van der Waals surface area contributed by atoms with Crippen molar-refractivity contribution in [2.45, 2.75) is 6.54 Å². The van der Waals surface area contributed by atoms with Gasteiger partial charge in [-0.1, -0.05) is 0 Å². The summed E-state index contributed by atoms with van der Waals surface area (Å²) in [5.74, 6) is 1.93. The lowest BCUT2D eigenvalue weighted by Crippen LogP contribution is -2.47. The minimum absolute atomic E-state index is 0.0315. The van der Waals surface area contributed by atoms with E-state index in [1.54, 1.807) is 30.6 Å². The van der Waals surface area contributed by atoms with E-state index in [0.717, 1.165) is 38.3 Å². The highest BCUT2D eigenvalue weighted by atomic mass is 32.1. The van der Waals surface area contributed by atoms with Crippen molar-refractivity contribution in [1.29, 1.82) is 0 Å². The zero-order valence-corrected chi connectivity index (χ0v) is 16.7. The number of hydrogen-bond donors (Lipinski definition) is 0. The average molecular weight is 401 g/mol. The Kier molecular flexibility index (Phi) is 5.83. The average Bonchev–Trinajstić information content (AvgIpc) is 3.25. The molecule has 1 aromatic carbocycles. The van der Waals surface area contributed by atoms with Gasteiger partial charge in [-0.05, 0) is 46.2 Å². The van der Waals surface area contributed by atoms with Crippen molar-refractivity contribution in [3.8, 4) is 17.2 Å². The maximum atomic E-state index is 12.6. The van der Waals surface area contributed by atoms with Gasteiger partial charge in [0.15, 0.2) is 11.5 Å². The van der Waals surface area contributed by atoms with Gasteiger partial charge in [0.1, 0.15) is 13.2 Å². The Morgan fingerprint density at radius 3 is 2.79 bits per heavy atom. The van der Waals surface area contributed by atoms with Crippen LogP contribution in [-0.2, 0) is 11.3 Å². The van der Waals surface area contributed by atoms with E-state index < -0.39 is 0 Å². The number of amides is 1. The topological polar surface area (TPSA) is 51.2 Å². The second-order valence-corrected chi connectivity index (χ2v) is 7.59. The molecule has 1 fully saturated rings. The lowest BCUT2D eigenvalue weighted by atomic mass is 10.1. The first kappa shape index (κ1) is 18.8. The fraction of sp³-hybridized carbons (Fsp3) is 0.381. The summed E-state index contributed by atoms with van der Waals surface area (Å²) in [5, 5.41) is 4.29. The minimum atomic E-state index is 0.0315. The highest BCUT2D eigenvalue weighted by Crippen LogP contribution is 2.40. The van der Waals surface area contributed by atoms with Crippen LogP contribution in [0.25, 0.3) is 6.08 Å². The number of thiophene rings is 1. The number of nitrogens with zero attached hydrogens (tertiary/aromatic N) is 2. The van der Waals surface area contributed by atoms with E-state index in [9.17, 15) is 4.79 Å². The van der Waals surface area contributed by atoms with Gasteiger partial charge in [-0.2, -0.15) is 11.3 Å². The second kappa shape index (κ2) is 8.67. The van der Waals surface area contributed by atoms with Crippen LogP contribution >= 0.6 is 11.3 Å². The Morgan fingerprint density at radius 2 is 2.04 bits per heavy atom. The Balaban J connectivity index is 1.35. The molecule has 28 heavy (non-hydrogen) atoms. The summed E-state index contributed by atoms with van der Waals surface area (Å²) >= 11 is 1.72. The molecule has 4 rings (SSSR count). The maximum Gasteiger partial charge on any atom is 0.246 e. The number of hydrogen-bond acceptors (Lipinski definition) is 6. The largest absolute Gasteiger partial charge is 0.493 e. The Labute approximate surface area is 168 Å². The van der Waals surface area contributed by atoms with Crippen molar-refractivity contribution in [2.24, 2.45) is 0 Å². The van der Waals surface area contributed by atoms with Crippen LogP contribution in [0, 0.1) is 0 Å². The molecule has 3 heterocycles. The molecule has 2 aliphatic rings. The Bertz CT molecular complexity index is 825. The number of benzene rings is 1. The van der Waals surface area contributed by atoms with Gasteiger partial charge in [-0.3, -0.25) is 9.69 Å². The van der Waals surface area contributed by atoms with Crippen LogP contribution < -0.4 is 14.2 Å². The van der Waals surface area contributed by atoms with Gasteiger partial charge < -0.3 is 19.1 Å². The van der Waals surface area contributed by atoms with Crippen molar-refractivity contribution in [3.63, 3.8) is 0 Å². The normalized spacial score (nSPS) is 17.1. The lowest BCUT2D eigenvalue weighted by molar-refractivity contribution is -0.127. The van der Waals surface area contributed by atoms with E-state index in [0.29, 0.717) is 30.5 Å². The van der Waals surface area contributed by atoms with Crippen LogP contribution in [0.5, 0.6) is 17.2 Å². The molecule has 1 amide bonds. The summed E-state index contributed by atoms with van der Waals surface area (Å²) in [6, 6.07) is 5.89. The molecule has 148 valence electrons. The minimum Gasteiger partial charge on any atom is -0.493 e. The first-order valence-corrected chi connectivity index (χ1v) is 10.4. The Hall–Kier alpha value is -2.51. The number of carbonyl (C=O) groups is 1. The summed E-state index contributed by atoms with van der Waals surface area (Å²) in [5.41, 5.74) is 2.20. The molecule has 7 heteroatoms. The smallest absolute Gasteiger partial charge is 0.246 e. The van der Waals surface area contributed by atoms with Gasteiger partial charge in [-0.25, -0.2) is 0 Å². The molecule has 0 spiro atoms. The van der Waals surface area contributed by atoms with Crippen LogP contribution in [0.4, 0.5) is 0 Å². The summed E-state index contributed by atoms with van der Waals surface area (Å²) in [6.45, 7) is 5.27. The van der Waals surface area contributed by atoms with Gasteiger partial charge in [0.05, 0.1) is 7.11 Å². The van der Waals surface area contributed by atoms with Crippen LogP contribution in [0.1, 0.15) is 11.1 Å². The summed E-state index contributed by atoms with van der Waals surface area (Å²) in [7, 11) is 1.60. The molecule has 0 radical (unpaired) electrons. The molecule has 0 bridgehead atoms. The number of fused-ring (bicyclic) bond motifs is 1. The van der Waals surface area contributed by atoms with Crippen LogP contribution in [0.15, 0.2) is 35.0 Å². The molecule has 0 atom stereocenters. The SMILES string of the molecule is COc1cc(/C=C/C(=O)N2CCN(Cc3ccsc3)CC2)cc2c1OCCO2. The molecular formula is C21H24N2O4S. The van der Waals surface area contributed by atoms with Crippen molar-refractivity contribution in [3.05, 3.63) is 46.2 Å². The van der Waals surface area contributed by atoms with E-state index in [-0.39, 0.29) is 5.91 Å². The van der Waals surface area contributed by atoms with E-state index in [1.165, 1.54) is 5.56 Å². The summed E-state index contributed by atoms with van der Waals surface area (Å²) < 4.78 is 16.7. The highest BCUT2D eigenvalue weighted by molar-refractivity contribution is 7.07. The third-order valence-corrected chi connectivity index (χ3v) is 5.67. The van der Waals surface area contributed by atoms with E-state index in [2.05, 4.69) is 21.7 Å². The predicted octanol–water partition coefficient (Wildman–Crippen LogP) is 2.89. The number of methoxy groups -OCH3 is 1. The quantitative estimate of drug-likeness (QED) is 0.723. The first-order valence-electron chi connectivity index (χ1n) is 9.41. The zero-order valence-electron chi connectivity index (χ0n) is 15.9. The highest BCUT2D eigenvalue weighted by Gasteiger charge is 2.20. The Morgan fingerprint density at radius 1 is 1.21 bits per heavy atom. The van der Waals surface area contributed by atoms with Crippen LogP contribution in [-0.4, -0.2) is 62.2 Å². The first-order chi connectivity index (χ1) is 13.7. The fourth-order valence-corrected chi connectivity index (χ4v) is 4.09. The molecule has 1 aromatic heterocycles. The zero-order chi connectivity index (χ0) is 19.3. The molecule has 6 nitrogen and oxygen atoms in total. The molecule has 0 N–H and O–H groups in total. The van der Waals surface area contributed by atoms with Gasteiger partial charge in [0, 0.05) is 38.8 Å². The number of carbonyl (C=O) groups excluding carboxylic acids is 1. The molecule has 0 saturated carbocycles. The van der Waals surface area contributed by atoms with E-state index in [1.807, 2.05) is 17.0 Å². The number of ether oxygens (including phenoxy) is 3. The van der Waals surface area contributed by atoms with Crippen LogP contribution in [0.3, 0.4) is 0 Å². The van der Waals surface area contributed by atoms with Gasteiger partial charge in [0.25, 0.3) is 0 Å². The van der Waals surface area contributed by atoms with Gasteiger partial charge >= 0.3 is 0 Å². The van der Waals surface area contributed by atoms with E-state index >= 15 is 0 Å². The van der Waals surface area contributed by atoms with Crippen molar-refractivity contribution < 1.29 is 19.0 Å². The molecule has 2 aliphatic heterocycles.